The number of aromatic nitrogens is 2. The van der Waals surface area contributed by atoms with Crippen LogP contribution in [0.4, 0.5) is 0 Å². The van der Waals surface area contributed by atoms with E-state index >= 15 is 0 Å². The molecule has 0 saturated heterocycles. The first-order valence-electron chi connectivity index (χ1n) is 5.98. The van der Waals surface area contributed by atoms with Gasteiger partial charge in [0.15, 0.2) is 9.84 Å². The highest BCUT2D eigenvalue weighted by Crippen LogP contribution is 2.22. The summed E-state index contributed by atoms with van der Waals surface area (Å²) in [7, 11) is -3.26. The Labute approximate surface area is 113 Å². The molecular weight excluding hydrogens is 274 g/mol. The molecule has 104 valence electrons. The maximum atomic E-state index is 12.0. The number of rotatable bonds is 6. The fraction of sp³-hybridized carbons (Fsp3) is 0.727. The van der Waals surface area contributed by atoms with Crippen molar-refractivity contribution in [3.63, 3.8) is 0 Å². The quantitative estimate of drug-likeness (QED) is 0.862. The number of nitrogens with two attached hydrogens (primary N) is 1. The minimum absolute atomic E-state index is 0.0201. The molecule has 7 heteroatoms. The van der Waals surface area contributed by atoms with Crippen LogP contribution in [0.15, 0.2) is 0 Å². The molecule has 2 N–H and O–H groups in total. The summed E-state index contributed by atoms with van der Waals surface area (Å²) < 4.78 is 25.7. The average molecular weight is 294 g/mol. The summed E-state index contributed by atoms with van der Waals surface area (Å²) in [5.74, 6) is -0.123. The maximum absolute atomic E-state index is 12.0. The molecule has 0 aliphatic carbocycles. The van der Waals surface area contributed by atoms with Crippen molar-refractivity contribution in [3.8, 4) is 0 Å². The van der Waals surface area contributed by atoms with Crippen LogP contribution in [0.25, 0.3) is 0 Å². The normalized spacial score (nSPS) is 13.8. The zero-order chi connectivity index (χ0) is 13.9. The molecule has 0 amide bonds. The number of hydrogen-bond donors (Lipinski definition) is 1. The molecule has 0 spiro atoms. The average Bonchev–Trinajstić information content (AvgIpc) is 2.55. The predicted molar refractivity (Wildman–Crippen MR) is 73.4 cm³/mol. The molecule has 0 aromatic carbocycles. The summed E-state index contributed by atoms with van der Waals surface area (Å²) in [6.07, 6.45) is 0.638. The first-order chi connectivity index (χ1) is 8.30. The topological polar surface area (TPSA) is 78.0 Å². The zero-order valence-corrected chi connectivity index (χ0v) is 12.6. The van der Waals surface area contributed by atoms with Gasteiger partial charge in [0.25, 0.3) is 0 Å². The Kier molecular flexibility index (Phi) is 5.19. The Balaban J connectivity index is 2.97. The molecule has 1 atom stereocenters. The summed E-state index contributed by atoms with van der Waals surface area (Å²) in [6, 6.07) is -0.326. The largest absolute Gasteiger partial charge is 0.327 e. The Morgan fingerprint density at radius 2 is 2.06 bits per heavy atom. The lowest BCUT2D eigenvalue weighted by molar-refractivity contribution is 0.575. The lowest BCUT2D eigenvalue weighted by Gasteiger charge is -2.10. The second kappa shape index (κ2) is 6.04. The molecular formula is C11H20ClN3O2S. The van der Waals surface area contributed by atoms with Gasteiger partial charge >= 0.3 is 0 Å². The molecule has 1 aromatic heterocycles. The van der Waals surface area contributed by atoms with E-state index in [1.807, 2.05) is 13.8 Å². The van der Waals surface area contributed by atoms with Crippen LogP contribution in [0, 0.1) is 6.92 Å². The summed E-state index contributed by atoms with van der Waals surface area (Å²) in [6.45, 7) is 6.13. The van der Waals surface area contributed by atoms with Gasteiger partial charge in [-0.05, 0) is 20.3 Å². The summed E-state index contributed by atoms with van der Waals surface area (Å²) in [5, 5.41) is 4.64. The van der Waals surface area contributed by atoms with Crippen LogP contribution >= 0.6 is 11.6 Å². The Morgan fingerprint density at radius 1 is 1.44 bits per heavy atom. The van der Waals surface area contributed by atoms with Gasteiger partial charge in [0.1, 0.15) is 0 Å². The van der Waals surface area contributed by atoms with Crippen LogP contribution in [0.2, 0.25) is 5.02 Å². The molecule has 1 aromatic rings. The minimum Gasteiger partial charge on any atom is -0.327 e. The van der Waals surface area contributed by atoms with E-state index in [0.717, 1.165) is 0 Å². The third kappa shape index (κ3) is 3.70. The molecule has 1 unspecified atom stereocenters. The lowest BCUT2D eigenvalue weighted by Crippen LogP contribution is -2.29. The number of hydrogen-bond acceptors (Lipinski definition) is 4. The number of aryl methyl sites for hydroxylation is 2. The first-order valence-corrected chi connectivity index (χ1v) is 8.18. The van der Waals surface area contributed by atoms with Crippen LogP contribution < -0.4 is 5.73 Å². The standard InChI is InChI=1S/C11H20ClN3O2S/c1-4-9(13)6-18(16,17)7-10-11(12)8(3)14-15(10)5-2/h9H,4-7,13H2,1-3H3. The van der Waals surface area contributed by atoms with Gasteiger partial charge in [0, 0.05) is 12.6 Å². The second-order valence-corrected chi connectivity index (χ2v) is 6.87. The third-order valence-electron chi connectivity index (χ3n) is 2.80. The minimum atomic E-state index is -3.26. The van der Waals surface area contributed by atoms with E-state index in [9.17, 15) is 8.42 Å². The molecule has 0 aliphatic rings. The van der Waals surface area contributed by atoms with Gasteiger partial charge in [0.2, 0.25) is 0 Å². The van der Waals surface area contributed by atoms with Gasteiger partial charge in [-0.25, -0.2) is 8.42 Å². The van der Waals surface area contributed by atoms with Crippen molar-refractivity contribution >= 4 is 21.4 Å². The first kappa shape index (κ1) is 15.5. The van der Waals surface area contributed by atoms with E-state index in [1.54, 1.807) is 11.6 Å². The van der Waals surface area contributed by atoms with Gasteiger partial charge < -0.3 is 5.73 Å². The van der Waals surface area contributed by atoms with E-state index in [0.29, 0.717) is 29.4 Å². The van der Waals surface area contributed by atoms with Crippen LogP contribution in [0.1, 0.15) is 31.7 Å². The van der Waals surface area contributed by atoms with Crippen molar-refractivity contribution in [3.05, 3.63) is 16.4 Å². The van der Waals surface area contributed by atoms with E-state index < -0.39 is 9.84 Å². The Bertz CT molecular complexity index is 511. The second-order valence-electron chi connectivity index (χ2n) is 4.38. The van der Waals surface area contributed by atoms with Gasteiger partial charge in [-0.3, -0.25) is 4.68 Å². The molecule has 0 saturated carbocycles. The van der Waals surface area contributed by atoms with Crippen LogP contribution in [-0.4, -0.2) is 30.0 Å². The summed E-state index contributed by atoms with van der Waals surface area (Å²) >= 11 is 6.09. The predicted octanol–water partition coefficient (Wildman–Crippen LogP) is 1.52. The van der Waals surface area contributed by atoms with E-state index in [1.165, 1.54) is 0 Å². The summed E-state index contributed by atoms with van der Waals surface area (Å²) in [4.78, 5) is 0. The highest BCUT2D eigenvalue weighted by molar-refractivity contribution is 7.90. The maximum Gasteiger partial charge on any atom is 0.157 e. The van der Waals surface area contributed by atoms with Gasteiger partial charge in [-0.15, -0.1) is 0 Å². The molecule has 1 rings (SSSR count). The van der Waals surface area contributed by atoms with Crippen molar-refractivity contribution in [2.75, 3.05) is 5.75 Å². The van der Waals surface area contributed by atoms with Crippen LogP contribution in [0.5, 0.6) is 0 Å². The zero-order valence-electron chi connectivity index (χ0n) is 11.0. The summed E-state index contributed by atoms with van der Waals surface area (Å²) in [5.41, 5.74) is 6.90. The number of nitrogens with zero attached hydrogens (tertiary/aromatic N) is 2. The van der Waals surface area contributed by atoms with Crippen LogP contribution in [-0.2, 0) is 22.1 Å². The Morgan fingerprint density at radius 3 is 2.56 bits per heavy atom. The molecule has 5 nitrogen and oxygen atoms in total. The highest BCUT2D eigenvalue weighted by atomic mass is 35.5. The lowest BCUT2D eigenvalue weighted by atomic mass is 10.3. The molecule has 0 bridgehead atoms. The van der Waals surface area contributed by atoms with Crippen LogP contribution in [0.3, 0.4) is 0 Å². The SMILES string of the molecule is CCC(N)CS(=O)(=O)Cc1c(Cl)c(C)nn1CC. The fourth-order valence-corrected chi connectivity index (χ4v) is 3.72. The van der Waals surface area contributed by atoms with Gasteiger partial charge in [0.05, 0.1) is 27.9 Å². The molecule has 0 radical (unpaired) electrons. The van der Waals surface area contributed by atoms with Crippen molar-refractivity contribution < 1.29 is 8.42 Å². The Hall–Kier alpha value is -0.590. The van der Waals surface area contributed by atoms with Crippen molar-refractivity contribution in [2.45, 2.75) is 45.5 Å². The molecule has 0 aliphatic heterocycles. The monoisotopic (exact) mass is 293 g/mol. The molecule has 18 heavy (non-hydrogen) atoms. The fourth-order valence-electron chi connectivity index (χ4n) is 1.72. The van der Waals surface area contributed by atoms with E-state index in [4.69, 9.17) is 17.3 Å². The van der Waals surface area contributed by atoms with Gasteiger partial charge in [-0.1, -0.05) is 18.5 Å². The number of sulfone groups is 1. The molecule has 0 fully saturated rings. The van der Waals surface area contributed by atoms with Crippen molar-refractivity contribution in [1.82, 2.24) is 9.78 Å². The van der Waals surface area contributed by atoms with E-state index in [2.05, 4.69) is 5.10 Å². The third-order valence-corrected chi connectivity index (χ3v) is 4.94. The van der Waals surface area contributed by atoms with Crippen molar-refractivity contribution in [1.29, 1.82) is 0 Å². The number of halogens is 1. The van der Waals surface area contributed by atoms with Crippen molar-refractivity contribution in [2.24, 2.45) is 5.73 Å². The molecule has 1 heterocycles. The highest BCUT2D eigenvalue weighted by Gasteiger charge is 2.22. The van der Waals surface area contributed by atoms with Gasteiger partial charge in [-0.2, -0.15) is 5.10 Å². The van der Waals surface area contributed by atoms with E-state index in [-0.39, 0.29) is 17.5 Å². The smallest absolute Gasteiger partial charge is 0.157 e.